The smallest absolute Gasteiger partial charge is 0.0822 e. The molecule has 1 radical (unpaired) electrons. The van der Waals surface area contributed by atoms with E-state index in [2.05, 4.69) is 4.98 Å². The standard InChI is InChI=1S/C7H10NOS/c9-4-2-1-3-7-5-10-6-8-7/h5-6H,1-4H2. The third kappa shape index (κ3) is 2.45. The Hall–Kier alpha value is -0.410. The SMILES string of the molecule is [O]CCCCc1cscn1. The van der Waals surface area contributed by atoms with Crippen LogP contribution >= 0.6 is 11.3 Å². The Bertz CT molecular complexity index is 162. The highest BCUT2D eigenvalue weighted by atomic mass is 32.1. The molecule has 0 atom stereocenters. The third-order valence-electron chi connectivity index (χ3n) is 1.31. The highest BCUT2D eigenvalue weighted by molar-refractivity contribution is 7.07. The van der Waals surface area contributed by atoms with Gasteiger partial charge in [-0.2, -0.15) is 0 Å². The summed E-state index contributed by atoms with van der Waals surface area (Å²) in [4.78, 5) is 4.10. The third-order valence-corrected chi connectivity index (χ3v) is 1.95. The van der Waals surface area contributed by atoms with Crippen molar-refractivity contribution < 1.29 is 5.11 Å². The van der Waals surface area contributed by atoms with E-state index in [9.17, 15) is 5.11 Å². The van der Waals surface area contributed by atoms with Gasteiger partial charge in [-0.05, 0) is 19.3 Å². The Balaban J connectivity index is 2.15. The van der Waals surface area contributed by atoms with E-state index in [1.54, 1.807) is 11.3 Å². The van der Waals surface area contributed by atoms with Crippen molar-refractivity contribution in [2.75, 3.05) is 6.61 Å². The lowest BCUT2D eigenvalue weighted by Crippen LogP contribution is -1.86. The minimum atomic E-state index is 0.0458. The second-order valence-electron chi connectivity index (χ2n) is 2.14. The van der Waals surface area contributed by atoms with Crippen molar-refractivity contribution in [2.45, 2.75) is 19.3 Å². The van der Waals surface area contributed by atoms with Gasteiger partial charge in [-0.15, -0.1) is 11.3 Å². The van der Waals surface area contributed by atoms with Crippen LogP contribution in [-0.4, -0.2) is 11.6 Å². The molecule has 10 heavy (non-hydrogen) atoms. The van der Waals surface area contributed by atoms with Crippen molar-refractivity contribution in [1.82, 2.24) is 4.98 Å². The summed E-state index contributed by atoms with van der Waals surface area (Å²) in [5.41, 5.74) is 2.95. The average molecular weight is 156 g/mol. The molecule has 1 aromatic rings. The van der Waals surface area contributed by atoms with Crippen LogP contribution in [0.25, 0.3) is 0 Å². The molecule has 0 amide bonds. The number of nitrogens with zero attached hydrogens (tertiary/aromatic N) is 1. The van der Waals surface area contributed by atoms with Crippen LogP contribution in [-0.2, 0) is 11.5 Å². The molecule has 0 unspecified atom stereocenters. The first-order valence-corrected chi connectivity index (χ1v) is 4.33. The number of aryl methyl sites for hydroxylation is 1. The molecule has 0 aliphatic heterocycles. The highest BCUT2D eigenvalue weighted by Crippen LogP contribution is 2.04. The second kappa shape index (κ2) is 4.41. The first kappa shape index (κ1) is 7.69. The number of unbranched alkanes of at least 4 members (excludes halogenated alkanes) is 1. The lowest BCUT2D eigenvalue weighted by Gasteiger charge is -1.91. The molecule has 0 aliphatic rings. The van der Waals surface area contributed by atoms with E-state index in [4.69, 9.17) is 0 Å². The molecule has 0 saturated carbocycles. The Labute approximate surface area is 64.5 Å². The van der Waals surface area contributed by atoms with Gasteiger partial charge in [-0.25, -0.2) is 10.1 Å². The maximum atomic E-state index is 10.0. The highest BCUT2D eigenvalue weighted by Gasteiger charge is 1.93. The summed E-state index contributed by atoms with van der Waals surface area (Å²) in [5, 5.41) is 12.1. The molecule has 3 heteroatoms. The predicted molar refractivity (Wildman–Crippen MR) is 40.6 cm³/mol. The lowest BCUT2D eigenvalue weighted by molar-refractivity contribution is 0.187. The number of hydrogen-bond donors (Lipinski definition) is 0. The van der Waals surface area contributed by atoms with E-state index in [1.807, 2.05) is 10.9 Å². The Morgan fingerprint density at radius 2 is 2.40 bits per heavy atom. The molecule has 1 rings (SSSR count). The second-order valence-corrected chi connectivity index (χ2v) is 2.86. The average Bonchev–Trinajstić information content (AvgIpc) is 2.41. The molecule has 0 bridgehead atoms. The van der Waals surface area contributed by atoms with Gasteiger partial charge in [-0.1, -0.05) is 0 Å². The van der Waals surface area contributed by atoms with Gasteiger partial charge in [0.2, 0.25) is 0 Å². The van der Waals surface area contributed by atoms with Crippen molar-refractivity contribution in [3.63, 3.8) is 0 Å². The molecule has 0 N–H and O–H groups in total. The summed E-state index contributed by atoms with van der Waals surface area (Å²) in [7, 11) is 0. The van der Waals surface area contributed by atoms with E-state index < -0.39 is 0 Å². The minimum Gasteiger partial charge on any atom is -0.250 e. The maximum absolute atomic E-state index is 10.0. The summed E-state index contributed by atoms with van der Waals surface area (Å²) in [6.07, 6.45) is 2.72. The molecule has 2 nitrogen and oxygen atoms in total. The topological polar surface area (TPSA) is 32.8 Å². The van der Waals surface area contributed by atoms with Gasteiger partial charge >= 0.3 is 0 Å². The van der Waals surface area contributed by atoms with Crippen LogP contribution in [0.3, 0.4) is 0 Å². The fourth-order valence-corrected chi connectivity index (χ4v) is 1.36. The summed E-state index contributed by atoms with van der Waals surface area (Å²) < 4.78 is 0. The molecule has 0 saturated heterocycles. The van der Waals surface area contributed by atoms with Gasteiger partial charge in [-0.3, -0.25) is 0 Å². The Morgan fingerprint density at radius 3 is 3.00 bits per heavy atom. The van der Waals surface area contributed by atoms with Crippen LogP contribution in [0, 0.1) is 0 Å². The van der Waals surface area contributed by atoms with E-state index in [1.165, 1.54) is 0 Å². The number of hydrogen-bond acceptors (Lipinski definition) is 2. The van der Waals surface area contributed by atoms with Gasteiger partial charge < -0.3 is 0 Å². The van der Waals surface area contributed by atoms with Crippen LogP contribution in [0.4, 0.5) is 0 Å². The van der Waals surface area contributed by atoms with Crippen LogP contribution in [0.1, 0.15) is 18.5 Å². The molecule has 0 fully saturated rings. The van der Waals surface area contributed by atoms with Crippen LogP contribution in [0.5, 0.6) is 0 Å². The largest absolute Gasteiger partial charge is 0.250 e. The van der Waals surface area contributed by atoms with Crippen molar-refractivity contribution in [3.05, 3.63) is 16.6 Å². The van der Waals surface area contributed by atoms with Crippen molar-refractivity contribution in [1.29, 1.82) is 0 Å². The van der Waals surface area contributed by atoms with Crippen molar-refractivity contribution in [3.8, 4) is 0 Å². The molecule has 0 spiro atoms. The van der Waals surface area contributed by atoms with Gasteiger partial charge in [0.1, 0.15) is 0 Å². The predicted octanol–water partition coefficient (Wildman–Crippen LogP) is 1.90. The molecule has 0 aliphatic carbocycles. The van der Waals surface area contributed by atoms with Crippen molar-refractivity contribution >= 4 is 11.3 Å². The summed E-state index contributed by atoms with van der Waals surface area (Å²) in [6, 6.07) is 0. The molecule has 55 valence electrons. The normalized spacial score (nSPS) is 10.1. The minimum absolute atomic E-state index is 0.0458. The van der Waals surface area contributed by atoms with Gasteiger partial charge in [0.15, 0.2) is 0 Å². The molecule has 0 aromatic carbocycles. The zero-order chi connectivity index (χ0) is 7.23. The van der Waals surface area contributed by atoms with E-state index in [-0.39, 0.29) is 6.61 Å². The monoisotopic (exact) mass is 156 g/mol. The van der Waals surface area contributed by atoms with Gasteiger partial charge in [0.05, 0.1) is 17.8 Å². The first-order chi connectivity index (χ1) is 4.93. The molecule has 1 heterocycles. The summed E-state index contributed by atoms with van der Waals surface area (Å²) >= 11 is 1.61. The number of thiazole rings is 1. The zero-order valence-electron chi connectivity index (χ0n) is 5.75. The first-order valence-electron chi connectivity index (χ1n) is 3.38. The molecular formula is C7H10NOS. The van der Waals surface area contributed by atoms with Crippen molar-refractivity contribution in [2.24, 2.45) is 0 Å². The van der Waals surface area contributed by atoms with Crippen LogP contribution in [0.2, 0.25) is 0 Å². The number of rotatable bonds is 4. The summed E-state index contributed by atoms with van der Waals surface area (Å²) in [5.74, 6) is 0. The Morgan fingerprint density at radius 1 is 1.50 bits per heavy atom. The van der Waals surface area contributed by atoms with E-state index in [0.29, 0.717) is 0 Å². The number of aromatic nitrogens is 1. The van der Waals surface area contributed by atoms with E-state index in [0.717, 1.165) is 25.0 Å². The Kier molecular flexibility index (Phi) is 3.40. The van der Waals surface area contributed by atoms with Crippen LogP contribution in [0.15, 0.2) is 10.9 Å². The molecule has 1 aromatic heterocycles. The van der Waals surface area contributed by atoms with Crippen LogP contribution < -0.4 is 0 Å². The van der Waals surface area contributed by atoms with E-state index >= 15 is 0 Å². The fourth-order valence-electron chi connectivity index (χ4n) is 0.769. The van der Waals surface area contributed by atoms with Gasteiger partial charge in [0.25, 0.3) is 0 Å². The maximum Gasteiger partial charge on any atom is 0.0822 e. The quantitative estimate of drug-likeness (QED) is 0.613. The fraction of sp³-hybridized carbons (Fsp3) is 0.571. The van der Waals surface area contributed by atoms with Gasteiger partial charge in [0, 0.05) is 5.38 Å². The lowest BCUT2D eigenvalue weighted by atomic mass is 10.2. The zero-order valence-corrected chi connectivity index (χ0v) is 6.56. The molecular weight excluding hydrogens is 146 g/mol. The summed E-state index contributed by atoms with van der Waals surface area (Å²) in [6.45, 7) is 0.0458.